The topological polar surface area (TPSA) is 63.2 Å². The highest BCUT2D eigenvalue weighted by Gasteiger charge is 2.04. The van der Waals surface area contributed by atoms with Gasteiger partial charge in [0.2, 0.25) is 5.88 Å². The molecule has 0 atom stereocenters. The molecule has 0 saturated heterocycles. The Morgan fingerprint density at radius 2 is 2.10 bits per heavy atom. The molecule has 0 aliphatic carbocycles. The molecule has 1 aromatic heterocycles. The molecule has 2 N–H and O–H groups in total. The Labute approximate surface area is 121 Å². The Bertz CT molecular complexity index is 587. The van der Waals surface area contributed by atoms with Crippen LogP contribution in [-0.4, -0.2) is 18.1 Å². The van der Waals surface area contributed by atoms with Crippen molar-refractivity contribution >= 4 is 23.3 Å². The van der Waals surface area contributed by atoms with Gasteiger partial charge in [0.25, 0.3) is 0 Å². The molecule has 0 aliphatic rings. The molecule has 5 nitrogen and oxygen atoms in total. The Morgan fingerprint density at radius 1 is 1.30 bits per heavy atom. The number of methoxy groups -OCH3 is 1. The number of carbonyl (C=O) groups excluding carboxylic acids is 1. The number of carbonyl (C=O) groups is 1. The molecule has 0 unspecified atom stereocenters. The van der Waals surface area contributed by atoms with Crippen molar-refractivity contribution in [3.63, 3.8) is 0 Å². The molecule has 2 rings (SSSR count). The van der Waals surface area contributed by atoms with E-state index in [-0.39, 0.29) is 6.03 Å². The van der Waals surface area contributed by atoms with Crippen LogP contribution >= 0.6 is 11.6 Å². The average molecular weight is 292 g/mol. The number of urea groups is 1. The zero-order valence-corrected chi connectivity index (χ0v) is 11.6. The van der Waals surface area contributed by atoms with Crippen molar-refractivity contribution < 1.29 is 9.53 Å². The van der Waals surface area contributed by atoms with E-state index in [0.717, 1.165) is 5.56 Å². The van der Waals surface area contributed by atoms with Crippen LogP contribution in [0.25, 0.3) is 0 Å². The summed E-state index contributed by atoms with van der Waals surface area (Å²) in [5.74, 6) is 0.536. The minimum atomic E-state index is -0.325. The van der Waals surface area contributed by atoms with Crippen LogP contribution < -0.4 is 15.4 Å². The third-order valence-electron chi connectivity index (χ3n) is 2.58. The average Bonchev–Trinajstić information content (AvgIpc) is 2.48. The molecule has 0 spiro atoms. The molecule has 104 valence electrons. The summed E-state index contributed by atoms with van der Waals surface area (Å²) < 4.78 is 4.96. The molecule has 6 heteroatoms. The standard InChI is InChI=1S/C14H14ClN3O2/c1-20-13-7-6-10(8-16-13)9-17-14(19)18-12-5-3-2-4-11(12)15/h2-8H,9H2,1H3,(H2,17,18,19). The number of amides is 2. The predicted octanol–water partition coefficient (Wildman–Crippen LogP) is 3.07. The number of aromatic nitrogens is 1. The first-order valence-corrected chi connectivity index (χ1v) is 6.35. The summed E-state index contributed by atoms with van der Waals surface area (Å²) in [7, 11) is 1.55. The van der Waals surface area contributed by atoms with E-state index >= 15 is 0 Å². The van der Waals surface area contributed by atoms with Crippen molar-refractivity contribution in [3.8, 4) is 5.88 Å². The molecular formula is C14H14ClN3O2. The number of anilines is 1. The SMILES string of the molecule is COc1ccc(CNC(=O)Nc2ccccc2Cl)cn1. The monoisotopic (exact) mass is 291 g/mol. The van der Waals surface area contributed by atoms with Gasteiger partial charge >= 0.3 is 6.03 Å². The van der Waals surface area contributed by atoms with E-state index < -0.39 is 0 Å². The molecule has 2 aromatic rings. The summed E-state index contributed by atoms with van der Waals surface area (Å²) in [6, 6.07) is 10.3. The molecule has 0 saturated carbocycles. The zero-order valence-electron chi connectivity index (χ0n) is 10.9. The van der Waals surface area contributed by atoms with Gasteiger partial charge in [0.1, 0.15) is 0 Å². The van der Waals surface area contributed by atoms with Crippen molar-refractivity contribution in [3.05, 3.63) is 53.2 Å². The Morgan fingerprint density at radius 3 is 2.75 bits per heavy atom. The maximum Gasteiger partial charge on any atom is 0.319 e. The van der Waals surface area contributed by atoms with E-state index in [1.165, 1.54) is 0 Å². The molecular weight excluding hydrogens is 278 g/mol. The fraction of sp³-hybridized carbons (Fsp3) is 0.143. The van der Waals surface area contributed by atoms with Gasteiger partial charge in [-0.15, -0.1) is 0 Å². The number of hydrogen-bond donors (Lipinski definition) is 2. The lowest BCUT2D eigenvalue weighted by molar-refractivity contribution is 0.251. The van der Waals surface area contributed by atoms with E-state index in [1.54, 1.807) is 43.6 Å². The van der Waals surface area contributed by atoms with Crippen molar-refractivity contribution in [2.75, 3.05) is 12.4 Å². The van der Waals surface area contributed by atoms with Gasteiger partial charge in [0.15, 0.2) is 0 Å². The highest BCUT2D eigenvalue weighted by molar-refractivity contribution is 6.33. The van der Waals surface area contributed by atoms with Crippen molar-refractivity contribution in [2.24, 2.45) is 0 Å². The number of nitrogens with one attached hydrogen (secondary N) is 2. The number of ether oxygens (including phenoxy) is 1. The van der Waals surface area contributed by atoms with E-state index in [0.29, 0.717) is 23.1 Å². The first-order chi connectivity index (χ1) is 9.69. The van der Waals surface area contributed by atoms with Crippen molar-refractivity contribution in [1.82, 2.24) is 10.3 Å². The summed E-state index contributed by atoms with van der Waals surface area (Å²) in [6.07, 6.45) is 1.65. The highest BCUT2D eigenvalue weighted by Crippen LogP contribution is 2.20. The smallest absolute Gasteiger partial charge is 0.319 e. The van der Waals surface area contributed by atoms with Crippen LogP contribution in [0.5, 0.6) is 5.88 Å². The number of pyridine rings is 1. The molecule has 0 fully saturated rings. The fourth-order valence-corrected chi connectivity index (χ4v) is 1.73. The van der Waals surface area contributed by atoms with Crippen LogP contribution in [0.3, 0.4) is 0 Å². The number of hydrogen-bond acceptors (Lipinski definition) is 3. The van der Waals surface area contributed by atoms with Crippen LogP contribution in [-0.2, 0) is 6.54 Å². The first kappa shape index (κ1) is 14.1. The summed E-state index contributed by atoms with van der Waals surface area (Å²) in [5.41, 5.74) is 1.44. The van der Waals surface area contributed by atoms with Gasteiger partial charge in [-0.2, -0.15) is 0 Å². The van der Waals surface area contributed by atoms with E-state index in [9.17, 15) is 4.79 Å². The van der Waals surface area contributed by atoms with Gasteiger partial charge in [-0.3, -0.25) is 0 Å². The molecule has 0 aliphatic heterocycles. The molecule has 1 aromatic carbocycles. The fourth-order valence-electron chi connectivity index (χ4n) is 1.55. The quantitative estimate of drug-likeness (QED) is 0.910. The lowest BCUT2D eigenvalue weighted by Gasteiger charge is -2.09. The van der Waals surface area contributed by atoms with E-state index in [1.807, 2.05) is 6.07 Å². The summed E-state index contributed by atoms with van der Waals surface area (Å²) >= 11 is 5.95. The second kappa shape index (κ2) is 6.77. The van der Waals surface area contributed by atoms with Crippen LogP contribution in [0.1, 0.15) is 5.56 Å². The predicted molar refractivity (Wildman–Crippen MR) is 78.1 cm³/mol. The largest absolute Gasteiger partial charge is 0.481 e. The number of rotatable bonds is 4. The Hall–Kier alpha value is -2.27. The molecule has 2 amide bonds. The molecule has 0 radical (unpaired) electrons. The van der Waals surface area contributed by atoms with Gasteiger partial charge in [-0.05, 0) is 17.7 Å². The second-order valence-corrected chi connectivity index (χ2v) is 4.40. The van der Waals surface area contributed by atoms with Crippen molar-refractivity contribution in [2.45, 2.75) is 6.54 Å². The van der Waals surface area contributed by atoms with Crippen LogP contribution in [0, 0.1) is 0 Å². The van der Waals surface area contributed by atoms with Gasteiger partial charge in [0, 0.05) is 18.8 Å². The maximum absolute atomic E-state index is 11.7. The minimum absolute atomic E-state index is 0.325. The second-order valence-electron chi connectivity index (χ2n) is 4.00. The summed E-state index contributed by atoms with van der Waals surface area (Å²) in [4.78, 5) is 15.8. The summed E-state index contributed by atoms with van der Waals surface area (Å²) in [5, 5.41) is 5.89. The van der Waals surface area contributed by atoms with Gasteiger partial charge < -0.3 is 15.4 Å². The normalized spacial score (nSPS) is 9.90. The van der Waals surface area contributed by atoms with E-state index in [2.05, 4.69) is 15.6 Å². The third kappa shape index (κ3) is 3.86. The first-order valence-electron chi connectivity index (χ1n) is 5.97. The van der Waals surface area contributed by atoms with Crippen LogP contribution in [0.4, 0.5) is 10.5 Å². The van der Waals surface area contributed by atoms with Crippen molar-refractivity contribution in [1.29, 1.82) is 0 Å². The zero-order chi connectivity index (χ0) is 14.4. The summed E-state index contributed by atoms with van der Waals surface area (Å²) in [6.45, 7) is 0.368. The highest BCUT2D eigenvalue weighted by atomic mass is 35.5. The lowest BCUT2D eigenvalue weighted by atomic mass is 10.3. The lowest BCUT2D eigenvalue weighted by Crippen LogP contribution is -2.28. The van der Waals surface area contributed by atoms with Gasteiger partial charge in [-0.1, -0.05) is 29.8 Å². The maximum atomic E-state index is 11.7. The number of nitrogens with zero attached hydrogens (tertiary/aromatic N) is 1. The number of para-hydroxylation sites is 1. The molecule has 1 heterocycles. The van der Waals surface area contributed by atoms with Crippen LogP contribution in [0.2, 0.25) is 5.02 Å². The van der Waals surface area contributed by atoms with Crippen LogP contribution in [0.15, 0.2) is 42.6 Å². The molecule has 0 bridgehead atoms. The number of halogens is 1. The molecule has 20 heavy (non-hydrogen) atoms. The van der Waals surface area contributed by atoms with E-state index in [4.69, 9.17) is 16.3 Å². The minimum Gasteiger partial charge on any atom is -0.481 e. The van der Waals surface area contributed by atoms with Gasteiger partial charge in [-0.25, -0.2) is 9.78 Å². The number of benzene rings is 1. The third-order valence-corrected chi connectivity index (χ3v) is 2.91. The van der Waals surface area contributed by atoms with Gasteiger partial charge in [0.05, 0.1) is 17.8 Å². The Kier molecular flexibility index (Phi) is 4.79. The Balaban J connectivity index is 1.87.